The molecule has 0 saturated carbocycles. The lowest BCUT2D eigenvalue weighted by molar-refractivity contribution is 0.266. The number of likely N-dealkylation sites (N-methyl/N-ethyl adjacent to an activating group) is 1. The van der Waals surface area contributed by atoms with Crippen molar-refractivity contribution in [2.24, 2.45) is 5.73 Å². The molecule has 0 atom stereocenters. The fraction of sp³-hybridized carbons (Fsp3) is 0.364. The van der Waals surface area contributed by atoms with Crippen LogP contribution in [0.3, 0.4) is 0 Å². The molecule has 0 bridgehead atoms. The molecule has 1 aromatic carbocycles. The summed E-state index contributed by atoms with van der Waals surface area (Å²) in [5, 5.41) is 8.76. The number of hydrogen-bond acceptors (Lipinski definition) is 4. The second-order valence-electron chi connectivity index (χ2n) is 3.84. The van der Waals surface area contributed by atoms with Crippen molar-refractivity contribution in [1.82, 2.24) is 4.31 Å². The Labute approximate surface area is 112 Å². The van der Waals surface area contributed by atoms with Crippen molar-refractivity contribution < 1.29 is 13.5 Å². The van der Waals surface area contributed by atoms with Crippen LogP contribution >= 0.6 is 12.2 Å². The quantitative estimate of drug-likeness (QED) is 0.727. The minimum Gasteiger partial charge on any atom is -0.395 e. The second-order valence-corrected chi connectivity index (χ2v) is 6.41. The monoisotopic (exact) mass is 288 g/mol. The van der Waals surface area contributed by atoms with Crippen LogP contribution in [0.25, 0.3) is 0 Å². The van der Waals surface area contributed by atoms with E-state index in [1.54, 1.807) is 12.1 Å². The predicted octanol–water partition coefficient (Wildman–Crippen LogP) is 0.128. The second kappa shape index (κ2) is 6.24. The molecule has 5 nitrogen and oxygen atoms in total. The zero-order valence-electron chi connectivity index (χ0n) is 10.0. The van der Waals surface area contributed by atoms with Crippen LogP contribution in [0.15, 0.2) is 29.2 Å². The number of aliphatic hydroxyl groups is 1. The Morgan fingerprint density at radius 2 is 1.94 bits per heavy atom. The molecule has 0 aliphatic rings. The normalized spacial score (nSPS) is 11.7. The molecule has 100 valence electrons. The van der Waals surface area contributed by atoms with E-state index in [4.69, 9.17) is 23.1 Å². The Morgan fingerprint density at radius 3 is 2.39 bits per heavy atom. The maximum atomic E-state index is 12.0. The Kier molecular flexibility index (Phi) is 5.21. The van der Waals surface area contributed by atoms with Crippen LogP contribution in [0.5, 0.6) is 0 Å². The van der Waals surface area contributed by atoms with Crippen molar-refractivity contribution in [2.75, 3.05) is 20.2 Å². The fourth-order valence-electron chi connectivity index (χ4n) is 1.42. The average Bonchev–Trinajstić information content (AvgIpc) is 2.29. The average molecular weight is 288 g/mol. The molecule has 1 rings (SSSR count). The van der Waals surface area contributed by atoms with Gasteiger partial charge in [-0.15, -0.1) is 0 Å². The maximum Gasteiger partial charge on any atom is 0.242 e. The molecule has 7 heteroatoms. The molecular weight excluding hydrogens is 272 g/mol. The van der Waals surface area contributed by atoms with Gasteiger partial charge in [0.25, 0.3) is 0 Å². The van der Waals surface area contributed by atoms with Crippen LogP contribution in [0.2, 0.25) is 0 Å². The first-order valence-corrected chi connectivity index (χ1v) is 7.17. The molecule has 1 aromatic rings. The Hall–Kier alpha value is -1.02. The number of rotatable bonds is 6. The summed E-state index contributed by atoms with van der Waals surface area (Å²) < 4.78 is 25.1. The number of nitrogens with two attached hydrogens (primary N) is 1. The first-order chi connectivity index (χ1) is 8.37. The van der Waals surface area contributed by atoms with E-state index < -0.39 is 10.0 Å². The first-order valence-electron chi connectivity index (χ1n) is 5.32. The number of nitrogens with zero attached hydrogens (tertiary/aromatic N) is 1. The highest BCUT2D eigenvalue weighted by Crippen LogP contribution is 2.15. The SMILES string of the molecule is CN(CCO)S(=O)(=O)c1ccc(CC(N)=S)cc1. The summed E-state index contributed by atoms with van der Waals surface area (Å²) >= 11 is 4.78. The molecule has 3 N–H and O–H groups in total. The zero-order chi connectivity index (χ0) is 13.8. The van der Waals surface area contributed by atoms with Gasteiger partial charge in [-0.25, -0.2) is 8.42 Å². The van der Waals surface area contributed by atoms with E-state index in [0.29, 0.717) is 11.4 Å². The standard InChI is InChI=1S/C11H16N2O3S2/c1-13(6-7-14)18(15,16)10-4-2-9(3-5-10)8-11(12)17/h2-5,14H,6-8H2,1H3,(H2,12,17). The van der Waals surface area contributed by atoms with Gasteiger partial charge in [0.15, 0.2) is 0 Å². The number of benzene rings is 1. The lowest BCUT2D eigenvalue weighted by Gasteiger charge is -2.15. The van der Waals surface area contributed by atoms with Crippen molar-refractivity contribution in [3.8, 4) is 0 Å². The number of thiocarbonyl (C=S) groups is 1. The zero-order valence-corrected chi connectivity index (χ0v) is 11.7. The molecule has 0 aliphatic heterocycles. The van der Waals surface area contributed by atoms with Gasteiger partial charge in [0.05, 0.1) is 16.5 Å². The molecule has 0 amide bonds. The smallest absolute Gasteiger partial charge is 0.242 e. The van der Waals surface area contributed by atoms with Crippen LogP contribution < -0.4 is 5.73 Å². The molecule has 0 spiro atoms. The van der Waals surface area contributed by atoms with Crippen molar-refractivity contribution in [1.29, 1.82) is 0 Å². The number of sulfonamides is 1. The first kappa shape index (κ1) is 15.0. The third-order valence-electron chi connectivity index (χ3n) is 2.42. The van der Waals surface area contributed by atoms with E-state index in [1.807, 2.05) is 0 Å². The van der Waals surface area contributed by atoms with Gasteiger partial charge in [-0.05, 0) is 17.7 Å². The van der Waals surface area contributed by atoms with Crippen molar-refractivity contribution in [3.05, 3.63) is 29.8 Å². The van der Waals surface area contributed by atoms with E-state index in [1.165, 1.54) is 19.2 Å². The van der Waals surface area contributed by atoms with E-state index in [2.05, 4.69) is 0 Å². The lowest BCUT2D eigenvalue weighted by Crippen LogP contribution is -2.29. The summed E-state index contributed by atoms with van der Waals surface area (Å²) in [6, 6.07) is 6.38. The summed E-state index contributed by atoms with van der Waals surface area (Å²) in [5.41, 5.74) is 6.28. The molecule has 0 unspecified atom stereocenters. The third kappa shape index (κ3) is 3.74. The third-order valence-corrected chi connectivity index (χ3v) is 4.44. The molecule has 0 heterocycles. The highest BCUT2D eigenvalue weighted by Gasteiger charge is 2.19. The lowest BCUT2D eigenvalue weighted by atomic mass is 10.1. The van der Waals surface area contributed by atoms with Gasteiger partial charge in [0.2, 0.25) is 10.0 Å². The summed E-state index contributed by atoms with van der Waals surface area (Å²) in [7, 11) is -2.11. The maximum absolute atomic E-state index is 12.0. The van der Waals surface area contributed by atoms with Crippen molar-refractivity contribution in [2.45, 2.75) is 11.3 Å². The van der Waals surface area contributed by atoms with Crippen LogP contribution in [0.4, 0.5) is 0 Å². The molecule has 0 aromatic heterocycles. The minimum absolute atomic E-state index is 0.0664. The van der Waals surface area contributed by atoms with Gasteiger partial charge in [-0.1, -0.05) is 24.4 Å². The largest absolute Gasteiger partial charge is 0.395 e. The molecule has 0 fully saturated rings. The van der Waals surface area contributed by atoms with E-state index in [9.17, 15) is 8.42 Å². The summed E-state index contributed by atoms with van der Waals surface area (Å²) in [4.78, 5) is 0.549. The molecule has 0 aliphatic carbocycles. The number of hydrogen-bond donors (Lipinski definition) is 2. The van der Waals surface area contributed by atoms with Gasteiger partial charge in [-0.3, -0.25) is 0 Å². The molecule has 0 radical (unpaired) electrons. The Morgan fingerprint density at radius 1 is 1.39 bits per heavy atom. The van der Waals surface area contributed by atoms with Gasteiger partial charge < -0.3 is 10.8 Å². The predicted molar refractivity (Wildman–Crippen MR) is 73.8 cm³/mol. The van der Waals surface area contributed by atoms with Crippen molar-refractivity contribution >= 4 is 27.2 Å². The van der Waals surface area contributed by atoms with Crippen LogP contribution in [0.1, 0.15) is 5.56 Å². The Balaban J connectivity index is 2.94. The highest BCUT2D eigenvalue weighted by atomic mass is 32.2. The van der Waals surface area contributed by atoms with Crippen LogP contribution in [-0.2, 0) is 16.4 Å². The summed E-state index contributed by atoms with van der Waals surface area (Å²) in [6.45, 7) is -0.147. The van der Waals surface area contributed by atoms with Crippen LogP contribution in [0, 0.1) is 0 Å². The molecule has 18 heavy (non-hydrogen) atoms. The van der Waals surface area contributed by atoms with Crippen LogP contribution in [-0.4, -0.2) is 43.0 Å². The summed E-state index contributed by atoms with van der Waals surface area (Å²) in [5.74, 6) is 0. The Bertz CT molecular complexity index is 512. The van der Waals surface area contributed by atoms with Crippen molar-refractivity contribution in [3.63, 3.8) is 0 Å². The number of aliphatic hydroxyl groups excluding tert-OH is 1. The van der Waals surface area contributed by atoms with Gasteiger partial charge >= 0.3 is 0 Å². The van der Waals surface area contributed by atoms with E-state index in [-0.39, 0.29) is 18.0 Å². The molecular formula is C11H16N2O3S2. The van der Waals surface area contributed by atoms with E-state index in [0.717, 1.165) is 9.87 Å². The highest BCUT2D eigenvalue weighted by molar-refractivity contribution is 7.89. The van der Waals surface area contributed by atoms with Gasteiger partial charge in [-0.2, -0.15) is 4.31 Å². The molecule has 0 saturated heterocycles. The topological polar surface area (TPSA) is 83.6 Å². The van der Waals surface area contributed by atoms with Gasteiger partial charge in [0, 0.05) is 20.0 Å². The fourth-order valence-corrected chi connectivity index (χ4v) is 2.75. The van der Waals surface area contributed by atoms with Gasteiger partial charge in [0.1, 0.15) is 0 Å². The minimum atomic E-state index is -3.54. The summed E-state index contributed by atoms with van der Waals surface area (Å²) in [6.07, 6.45) is 0.447. The van der Waals surface area contributed by atoms with E-state index >= 15 is 0 Å².